The van der Waals surface area contributed by atoms with Crippen molar-refractivity contribution in [3.05, 3.63) is 72.8 Å². The van der Waals surface area contributed by atoms with Gasteiger partial charge in [0.05, 0.1) is 12.0 Å². The molecule has 0 bridgehead atoms. The highest BCUT2D eigenvalue weighted by molar-refractivity contribution is 5.68. The predicted octanol–water partition coefficient (Wildman–Crippen LogP) is 4.02. The maximum atomic E-state index is 9.49. The second-order valence-corrected chi connectivity index (χ2v) is 5.81. The molecule has 0 aliphatic heterocycles. The van der Waals surface area contributed by atoms with Crippen molar-refractivity contribution in [1.82, 2.24) is 19.7 Å². The molecule has 6 nitrogen and oxygen atoms in total. The zero-order valence-electron chi connectivity index (χ0n) is 13.6. The molecule has 0 unspecified atom stereocenters. The number of aryl methyl sites for hydroxylation is 1. The van der Waals surface area contributed by atoms with Crippen molar-refractivity contribution >= 4 is 11.5 Å². The second-order valence-electron chi connectivity index (χ2n) is 5.81. The van der Waals surface area contributed by atoms with Crippen LogP contribution in [0.1, 0.15) is 5.56 Å². The number of nitrogens with zero attached hydrogens (tertiary/aromatic N) is 3. The molecule has 2 aromatic heterocycles. The SMILES string of the molecule is Cc1cc(O)ccc1Nc1cc(-c2ccc(-n3ccnc3)cc2)[nH]n1. The molecule has 4 rings (SSSR count). The number of rotatable bonds is 4. The van der Waals surface area contributed by atoms with E-state index in [4.69, 9.17) is 0 Å². The first-order valence-electron chi connectivity index (χ1n) is 7.90. The maximum absolute atomic E-state index is 9.49. The van der Waals surface area contributed by atoms with E-state index in [1.54, 1.807) is 24.7 Å². The molecule has 0 radical (unpaired) electrons. The monoisotopic (exact) mass is 331 g/mol. The Balaban J connectivity index is 1.54. The molecule has 2 heterocycles. The highest BCUT2D eigenvalue weighted by Gasteiger charge is 2.06. The van der Waals surface area contributed by atoms with Crippen LogP contribution < -0.4 is 5.32 Å². The third-order valence-corrected chi connectivity index (χ3v) is 4.03. The molecule has 0 atom stereocenters. The lowest BCUT2D eigenvalue weighted by molar-refractivity contribution is 0.475. The quantitative estimate of drug-likeness (QED) is 0.494. The van der Waals surface area contributed by atoms with Crippen LogP contribution in [0, 0.1) is 6.92 Å². The van der Waals surface area contributed by atoms with Gasteiger partial charge < -0.3 is 15.0 Å². The summed E-state index contributed by atoms with van der Waals surface area (Å²) in [5.41, 5.74) is 4.89. The summed E-state index contributed by atoms with van der Waals surface area (Å²) in [6.07, 6.45) is 5.44. The van der Waals surface area contributed by atoms with Gasteiger partial charge in [0.25, 0.3) is 0 Å². The van der Waals surface area contributed by atoms with E-state index in [1.807, 2.05) is 54.1 Å². The maximum Gasteiger partial charge on any atom is 0.152 e. The minimum absolute atomic E-state index is 0.253. The van der Waals surface area contributed by atoms with Crippen LogP contribution >= 0.6 is 0 Å². The van der Waals surface area contributed by atoms with Gasteiger partial charge in [-0.1, -0.05) is 12.1 Å². The summed E-state index contributed by atoms with van der Waals surface area (Å²) in [7, 11) is 0. The number of phenolic OH excluding ortho intramolecular Hbond substituents is 1. The van der Waals surface area contributed by atoms with E-state index < -0.39 is 0 Å². The van der Waals surface area contributed by atoms with Crippen LogP contribution in [0.3, 0.4) is 0 Å². The zero-order chi connectivity index (χ0) is 17.2. The van der Waals surface area contributed by atoms with E-state index in [9.17, 15) is 5.11 Å². The van der Waals surface area contributed by atoms with Crippen LogP contribution in [0.4, 0.5) is 11.5 Å². The summed E-state index contributed by atoms with van der Waals surface area (Å²) >= 11 is 0. The number of nitrogens with one attached hydrogen (secondary N) is 2. The van der Waals surface area contributed by atoms with Gasteiger partial charge in [-0.3, -0.25) is 5.10 Å². The molecule has 6 heteroatoms. The van der Waals surface area contributed by atoms with Crippen LogP contribution in [-0.2, 0) is 0 Å². The highest BCUT2D eigenvalue weighted by atomic mass is 16.3. The summed E-state index contributed by atoms with van der Waals surface area (Å²) < 4.78 is 1.96. The number of aromatic amines is 1. The molecule has 0 saturated carbocycles. The largest absolute Gasteiger partial charge is 0.508 e. The highest BCUT2D eigenvalue weighted by Crippen LogP contribution is 2.26. The summed E-state index contributed by atoms with van der Waals surface area (Å²) in [5, 5.41) is 20.1. The van der Waals surface area contributed by atoms with Gasteiger partial charge in [-0.2, -0.15) is 5.10 Å². The molecule has 2 aromatic carbocycles. The number of H-pyrrole nitrogens is 1. The Hall–Kier alpha value is -3.54. The fraction of sp³-hybridized carbons (Fsp3) is 0.0526. The number of aromatic hydroxyl groups is 1. The molecule has 0 fully saturated rings. The van der Waals surface area contributed by atoms with Gasteiger partial charge in [-0.15, -0.1) is 0 Å². The topological polar surface area (TPSA) is 78.8 Å². The lowest BCUT2D eigenvalue weighted by Gasteiger charge is -2.06. The molecule has 124 valence electrons. The predicted molar refractivity (Wildman–Crippen MR) is 97.3 cm³/mol. The van der Waals surface area contributed by atoms with Crippen molar-refractivity contribution < 1.29 is 5.11 Å². The number of imidazole rings is 1. The molecular weight excluding hydrogens is 314 g/mol. The number of anilines is 2. The fourth-order valence-electron chi connectivity index (χ4n) is 2.68. The number of hydrogen-bond donors (Lipinski definition) is 3. The Labute approximate surface area is 144 Å². The van der Waals surface area contributed by atoms with Gasteiger partial charge >= 0.3 is 0 Å². The molecule has 0 aliphatic rings. The van der Waals surface area contributed by atoms with Gasteiger partial charge in [-0.25, -0.2) is 4.98 Å². The van der Waals surface area contributed by atoms with Crippen LogP contribution in [-0.4, -0.2) is 24.9 Å². The van der Waals surface area contributed by atoms with Crippen molar-refractivity contribution in [3.63, 3.8) is 0 Å². The van der Waals surface area contributed by atoms with Crippen LogP contribution in [0.5, 0.6) is 5.75 Å². The minimum atomic E-state index is 0.253. The first-order chi connectivity index (χ1) is 12.2. The summed E-state index contributed by atoms with van der Waals surface area (Å²) in [6, 6.07) is 15.3. The molecule has 25 heavy (non-hydrogen) atoms. The number of benzene rings is 2. The van der Waals surface area contributed by atoms with E-state index in [2.05, 4.69) is 20.5 Å². The number of aromatic nitrogens is 4. The van der Waals surface area contributed by atoms with Gasteiger partial charge in [0.15, 0.2) is 5.82 Å². The number of phenols is 1. The Morgan fingerprint density at radius 2 is 1.92 bits per heavy atom. The van der Waals surface area contributed by atoms with Gasteiger partial charge in [0, 0.05) is 29.8 Å². The Kier molecular flexibility index (Phi) is 3.70. The molecular formula is C19H17N5O. The Morgan fingerprint density at radius 1 is 1.08 bits per heavy atom. The number of hydrogen-bond acceptors (Lipinski definition) is 4. The smallest absolute Gasteiger partial charge is 0.152 e. The minimum Gasteiger partial charge on any atom is -0.508 e. The van der Waals surface area contributed by atoms with Crippen LogP contribution in [0.2, 0.25) is 0 Å². The molecule has 3 N–H and O–H groups in total. The van der Waals surface area contributed by atoms with Gasteiger partial charge in [-0.05, 0) is 48.4 Å². The summed E-state index contributed by atoms with van der Waals surface area (Å²) in [4.78, 5) is 4.06. The average Bonchev–Trinajstić information content (AvgIpc) is 3.30. The van der Waals surface area contributed by atoms with Crippen molar-refractivity contribution in [2.24, 2.45) is 0 Å². The van der Waals surface area contributed by atoms with Gasteiger partial charge in [0.1, 0.15) is 5.75 Å². The van der Waals surface area contributed by atoms with Crippen LogP contribution in [0.15, 0.2) is 67.3 Å². The van der Waals surface area contributed by atoms with E-state index in [-0.39, 0.29) is 5.75 Å². The van der Waals surface area contributed by atoms with Gasteiger partial charge in [0.2, 0.25) is 0 Å². The van der Waals surface area contributed by atoms with Crippen molar-refractivity contribution in [3.8, 4) is 22.7 Å². The molecule has 0 spiro atoms. The summed E-state index contributed by atoms with van der Waals surface area (Å²) in [6.45, 7) is 1.93. The Morgan fingerprint density at radius 3 is 2.64 bits per heavy atom. The van der Waals surface area contributed by atoms with Crippen molar-refractivity contribution in [2.45, 2.75) is 6.92 Å². The fourth-order valence-corrected chi connectivity index (χ4v) is 2.68. The second kappa shape index (κ2) is 6.16. The van der Waals surface area contributed by atoms with Crippen LogP contribution in [0.25, 0.3) is 16.9 Å². The Bertz CT molecular complexity index is 987. The molecule has 0 saturated heterocycles. The van der Waals surface area contributed by atoms with E-state index >= 15 is 0 Å². The molecule has 4 aromatic rings. The lowest BCUT2D eigenvalue weighted by Crippen LogP contribution is -1.92. The standard InChI is InChI=1S/C19H17N5O/c1-13-10-16(25)6-7-17(13)21-19-11-18(22-23-19)14-2-4-15(5-3-14)24-9-8-20-12-24/h2-12,25H,1H3,(H2,21,22,23). The molecule has 0 amide bonds. The van der Waals surface area contributed by atoms with Crippen molar-refractivity contribution in [2.75, 3.05) is 5.32 Å². The van der Waals surface area contributed by atoms with E-state index in [0.29, 0.717) is 0 Å². The lowest BCUT2D eigenvalue weighted by atomic mass is 10.1. The first kappa shape index (κ1) is 15.0. The zero-order valence-corrected chi connectivity index (χ0v) is 13.6. The van der Waals surface area contributed by atoms with Crippen molar-refractivity contribution in [1.29, 1.82) is 0 Å². The first-order valence-corrected chi connectivity index (χ1v) is 7.90. The van der Waals surface area contributed by atoms with E-state index in [1.165, 1.54) is 0 Å². The van der Waals surface area contributed by atoms with E-state index in [0.717, 1.165) is 34.0 Å². The third-order valence-electron chi connectivity index (χ3n) is 4.03. The summed E-state index contributed by atoms with van der Waals surface area (Å²) in [5.74, 6) is 0.978. The average molecular weight is 331 g/mol. The molecule has 0 aliphatic carbocycles. The normalized spacial score (nSPS) is 10.8. The third kappa shape index (κ3) is 3.10.